The van der Waals surface area contributed by atoms with Crippen molar-refractivity contribution in [1.82, 2.24) is 35.6 Å². The zero-order chi connectivity index (χ0) is 12.4. The molecule has 2 atom stereocenters. The monoisotopic (exact) mass is 237 g/mol. The van der Waals surface area contributed by atoms with Crippen LogP contribution in [0.25, 0.3) is 11.5 Å². The van der Waals surface area contributed by atoms with Gasteiger partial charge in [-0.3, -0.25) is 4.79 Å². The minimum atomic E-state index is -0.904. The number of hydrogen-bond donors (Lipinski definition) is 2. The average molecular weight is 237 g/mol. The van der Waals surface area contributed by atoms with Crippen LogP contribution in [0.3, 0.4) is 0 Å². The highest BCUT2D eigenvalue weighted by Crippen LogP contribution is 2.21. The van der Waals surface area contributed by atoms with Crippen molar-refractivity contribution in [3.63, 3.8) is 0 Å². The van der Waals surface area contributed by atoms with E-state index in [1.807, 2.05) is 0 Å². The van der Waals surface area contributed by atoms with Gasteiger partial charge in [-0.15, -0.1) is 5.10 Å². The third kappa shape index (κ3) is 1.98. The number of aromatic amines is 1. The van der Waals surface area contributed by atoms with Crippen molar-refractivity contribution < 1.29 is 9.90 Å². The molecule has 9 nitrogen and oxygen atoms in total. The van der Waals surface area contributed by atoms with Gasteiger partial charge in [-0.05, 0) is 24.3 Å². The van der Waals surface area contributed by atoms with Crippen LogP contribution in [0, 0.1) is 5.92 Å². The van der Waals surface area contributed by atoms with Crippen molar-refractivity contribution in [1.29, 1.82) is 0 Å². The normalized spacial score (nSPS) is 14.5. The van der Waals surface area contributed by atoms with Gasteiger partial charge in [-0.25, -0.2) is 4.68 Å². The van der Waals surface area contributed by atoms with Crippen LogP contribution in [0.1, 0.15) is 19.9 Å². The number of aromatic nitrogens is 7. The first-order chi connectivity index (χ1) is 8.11. The number of carboxylic acid groups (broad SMARTS) is 1. The Bertz CT molecular complexity index is 506. The van der Waals surface area contributed by atoms with E-state index in [9.17, 15) is 4.79 Å². The van der Waals surface area contributed by atoms with Crippen molar-refractivity contribution >= 4 is 5.97 Å². The van der Waals surface area contributed by atoms with E-state index in [0.717, 1.165) is 0 Å². The van der Waals surface area contributed by atoms with E-state index in [1.54, 1.807) is 13.8 Å². The zero-order valence-corrected chi connectivity index (χ0v) is 9.27. The first-order valence-electron chi connectivity index (χ1n) is 4.98. The first kappa shape index (κ1) is 11.2. The molecule has 0 aliphatic heterocycles. The fraction of sp³-hybridized carbons (Fsp3) is 0.500. The van der Waals surface area contributed by atoms with Crippen LogP contribution in [-0.4, -0.2) is 46.7 Å². The molecule has 0 aliphatic carbocycles. The van der Waals surface area contributed by atoms with Gasteiger partial charge in [-0.2, -0.15) is 15.4 Å². The number of carbonyl (C=O) groups is 1. The lowest BCUT2D eigenvalue weighted by Crippen LogP contribution is -2.23. The summed E-state index contributed by atoms with van der Waals surface area (Å²) in [6, 6.07) is -0.380. The Kier molecular flexibility index (Phi) is 2.81. The van der Waals surface area contributed by atoms with Crippen LogP contribution >= 0.6 is 0 Å². The number of carboxylic acids is 1. The molecule has 0 bridgehead atoms. The second kappa shape index (κ2) is 4.28. The molecule has 17 heavy (non-hydrogen) atoms. The summed E-state index contributed by atoms with van der Waals surface area (Å²) in [5, 5.41) is 30.0. The molecule has 2 aromatic heterocycles. The van der Waals surface area contributed by atoms with Gasteiger partial charge < -0.3 is 5.11 Å². The number of hydrogen-bond acceptors (Lipinski definition) is 6. The molecule has 0 aliphatic rings. The lowest BCUT2D eigenvalue weighted by molar-refractivity contribution is -0.142. The third-order valence-corrected chi connectivity index (χ3v) is 2.64. The first-order valence-corrected chi connectivity index (χ1v) is 4.98. The van der Waals surface area contributed by atoms with E-state index in [0.29, 0.717) is 11.5 Å². The van der Waals surface area contributed by atoms with Gasteiger partial charge in [0.15, 0.2) is 5.69 Å². The Labute approximate surface area is 95.8 Å². The van der Waals surface area contributed by atoms with E-state index < -0.39 is 11.9 Å². The summed E-state index contributed by atoms with van der Waals surface area (Å²) in [6.07, 6.45) is 1.47. The molecule has 0 saturated heterocycles. The molecule has 9 heteroatoms. The number of H-pyrrole nitrogens is 1. The molecule has 0 radical (unpaired) electrons. The summed E-state index contributed by atoms with van der Waals surface area (Å²) in [6.45, 7) is 3.33. The van der Waals surface area contributed by atoms with Gasteiger partial charge in [0.2, 0.25) is 5.82 Å². The van der Waals surface area contributed by atoms with Gasteiger partial charge in [0.05, 0.1) is 18.2 Å². The van der Waals surface area contributed by atoms with E-state index in [-0.39, 0.29) is 6.04 Å². The third-order valence-electron chi connectivity index (χ3n) is 2.64. The minimum Gasteiger partial charge on any atom is -0.481 e. The summed E-state index contributed by atoms with van der Waals surface area (Å²) in [5.74, 6) is -1.12. The SMILES string of the molecule is CC(C(=O)O)C(C)n1nnnc1-c1cn[nH]n1. The topological polar surface area (TPSA) is 122 Å². The van der Waals surface area contributed by atoms with Crippen LogP contribution in [0.15, 0.2) is 6.20 Å². The lowest BCUT2D eigenvalue weighted by Gasteiger charge is -2.16. The summed E-state index contributed by atoms with van der Waals surface area (Å²) in [7, 11) is 0. The predicted molar refractivity (Wildman–Crippen MR) is 54.7 cm³/mol. The standard InChI is InChI=1S/C8H11N7O2/c1-4(8(16)17)5(2)15-7(11-13-14-15)6-3-9-12-10-6/h3-5H,1-2H3,(H,16,17)(H,9,10,12). The molecular formula is C8H11N7O2. The Balaban J connectivity index is 2.34. The number of rotatable bonds is 4. The minimum absolute atomic E-state index is 0.380. The van der Waals surface area contributed by atoms with Crippen molar-refractivity contribution in [3.8, 4) is 11.5 Å². The highest BCUT2D eigenvalue weighted by atomic mass is 16.4. The van der Waals surface area contributed by atoms with Crippen molar-refractivity contribution in [2.45, 2.75) is 19.9 Å². The van der Waals surface area contributed by atoms with Gasteiger partial charge in [0, 0.05) is 0 Å². The summed E-state index contributed by atoms with van der Waals surface area (Å²) in [5.41, 5.74) is 0.472. The fourth-order valence-electron chi connectivity index (χ4n) is 1.36. The molecule has 2 aromatic rings. The summed E-state index contributed by atoms with van der Waals surface area (Å²) >= 11 is 0. The van der Waals surface area contributed by atoms with Gasteiger partial charge in [0.1, 0.15) is 0 Å². The number of tetrazole rings is 1. The largest absolute Gasteiger partial charge is 0.481 e. The van der Waals surface area contributed by atoms with Crippen LogP contribution in [0.2, 0.25) is 0 Å². The number of aliphatic carboxylic acids is 1. The van der Waals surface area contributed by atoms with Crippen LogP contribution in [-0.2, 0) is 4.79 Å². The van der Waals surface area contributed by atoms with Gasteiger partial charge in [0.25, 0.3) is 0 Å². The molecule has 0 saturated carbocycles. The number of nitrogens with one attached hydrogen (secondary N) is 1. The quantitative estimate of drug-likeness (QED) is 0.750. The van der Waals surface area contributed by atoms with Crippen LogP contribution in [0.4, 0.5) is 0 Å². The molecule has 90 valence electrons. The Morgan fingerprint density at radius 1 is 1.53 bits per heavy atom. The summed E-state index contributed by atoms with van der Waals surface area (Å²) in [4.78, 5) is 10.9. The van der Waals surface area contributed by atoms with Crippen molar-refractivity contribution in [2.75, 3.05) is 0 Å². The molecule has 2 rings (SSSR count). The maximum Gasteiger partial charge on any atom is 0.308 e. The number of nitrogens with zero attached hydrogens (tertiary/aromatic N) is 6. The smallest absolute Gasteiger partial charge is 0.308 e. The van der Waals surface area contributed by atoms with Crippen LogP contribution < -0.4 is 0 Å². The highest BCUT2D eigenvalue weighted by molar-refractivity contribution is 5.70. The Morgan fingerprint density at radius 2 is 2.29 bits per heavy atom. The molecular weight excluding hydrogens is 226 g/mol. The second-order valence-electron chi connectivity index (χ2n) is 3.67. The molecule has 0 fully saturated rings. The van der Waals surface area contributed by atoms with Crippen LogP contribution in [0.5, 0.6) is 0 Å². The van der Waals surface area contributed by atoms with Crippen molar-refractivity contribution in [2.24, 2.45) is 5.92 Å². The van der Waals surface area contributed by atoms with E-state index >= 15 is 0 Å². The van der Waals surface area contributed by atoms with Crippen molar-refractivity contribution in [3.05, 3.63) is 6.20 Å². The maximum absolute atomic E-state index is 10.9. The van der Waals surface area contributed by atoms with E-state index in [2.05, 4.69) is 30.9 Å². The Hall–Kier alpha value is -2.32. The fourth-order valence-corrected chi connectivity index (χ4v) is 1.36. The average Bonchev–Trinajstić information content (AvgIpc) is 2.96. The summed E-state index contributed by atoms with van der Waals surface area (Å²) < 4.78 is 1.43. The zero-order valence-electron chi connectivity index (χ0n) is 9.27. The highest BCUT2D eigenvalue weighted by Gasteiger charge is 2.25. The predicted octanol–water partition coefficient (Wildman–Crippen LogP) is -0.260. The molecule has 0 spiro atoms. The second-order valence-corrected chi connectivity index (χ2v) is 3.67. The maximum atomic E-state index is 10.9. The van der Waals surface area contributed by atoms with Gasteiger partial charge >= 0.3 is 5.97 Å². The van der Waals surface area contributed by atoms with E-state index in [4.69, 9.17) is 5.11 Å². The molecule has 2 heterocycles. The molecule has 0 amide bonds. The Morgan fingerprint density at radius 3 is 2.88 bits per heavy atom. The molecule has 0 aromatic carbocycles. The molecule has 2 N–H and O–H groups in total. The molecule has 2 unspecified atom stereocenters. The lowest BCUT2D eigenvalue weighted by atomic mass is 10.0. The van der Waals surface area contributed by atoms with Gasteiger partial charge in [-0.1, -0.05) is 0 Å². The van der Waals surface area contributed by atoms with E-state index in [1.165, 1.54) is 10.9 Å².